The molecule has 2 rings (SSSR count). The van der Waals surface area contributed by atoms with Gasteiger partial charge >= 0.3 is 0 Å². The Kier molecular flexibility index (Phi) is 1.85. The van der Waals surface area contributed by atoms with Crippen LogP contribution in [0.2, 0.25) is 0 Å². The summed E-state index contributed by atoms with van der Waals surface area (Å²) >= 11 is 1.19. The summed E-state index contributed by atoms with van der Waals surface area (Å²) in [6.45, 7) is 0. The second-order valence-electron chi connectivity index (χ2n) is 2.68. The second kappa shape index (κ2) is 3.02. The topological polar surface area (TPSA) is 67.8 Å². The van der Waals surface area contributed by atoms with Gasteiger partial charge in [-0.25, -0.2) is 0 Å². The van der Waals surface area contributed by atoms with E-state index >= 15 is 0 Å². The van der Waals surface area contributed by atoms with E-state index in [1.54, 1.807) is 18.2 Å². The van der Waals surface area contributed by atoms with Gasteiger partial charge in [0.25, 0.3) is 0 Å². The molecule has 0 radical (unpaired) electrons. The first kappa shape index (κ1) is 8.55. The van der Waals surface area contributed by atoms with Gasteiger partial charge in [-0.2, -0.15) is 10.5 Å². The summed E-state index contributed by atoms with van der Waals surface area (Å²) in [6, 6.07) is 9.01. The summed E-state index contributed by atoms with van der Waals surface area (Å²) in [6.07, 6.45) is 0. The van der Waals surface area contributed by atoms with E-state index in [0.717, 1.165) is 4.70 Å². The van der Waals surface area contributed by atoms with Crippen LogP contribution in [0.3, 0.4) is 0 Å². The van der Waals surface area contributed by atoms with Crippen LogP contribution < -0.4 is 0 Å². The molecule has 1 aromatic carbocycles. The molecule has 66 valence electrons. The van der Waals surface area contributed by atoms with Crippen LogP contribution in [-0.2, 0) is 0 Å². The minimum atomic E-state index is -0.0790. The molecule has 14 heavy (non-hydrogen) atoms. The molecule has 0 atom stereocenters. The van der Waals surface area contributed by atoms with Gasteiger partial charge < -0.3 is 5.11 Å². The van der Waals surface area contributed by atoms with Crippen molar-refractivity contribution in [2.24, 2.45) is 0 Å². The van der Waals surface area contributed by atoms with Crippen LogP contribution in [0.4, 0.5) is 0 Å². The summed E-state index contributed by atoms with van der Waals surface area (Å²) in [4.78, 5) is 0.253. The predicted octanol–water partition coefficient (Wildman–Crippen LogP) is 2.35. The molecule has 0 fully saturated rings. The molecule has 2 aromatic rings. The summed E-state index contributed by atoms with van der Waals surface area (Å²) in [7, 11) is 0. The normalized spacial score (nSPS) is 9.57. The number of thiophene rings is 1. The number of benzene rings is 1. The smallest absolute Gasteiger partial charge is 0.153 e. The Morgan fingerprint density at radius 2 is 2.00 bits per heavy atom. The Morgan fingerprint density at radius 3 is 2.64 bits per heavy atom. The van der Waals surface area contributed by atoms with Gasteiger partial charge in [0.15, 0.2) is 5.75 Å². The molecule has 0 unspecified atom stereocenters. The summed E-state index contributed by atoms with van der Waals surface area (Å²) in [5, 5.41) is 27.6. The van der Waals surface area contributed by atoms with Crippen molar-refractivity contribution in [2.45, 2.75) is 0 Å². The van der Waals surface area contributed by atoms with E-state index in [2.05, 4.69) is 0 Å². The fraction of sp³-hybridized carbons (Fsp3) is 0. The second-order valence-corrected chi connectivity index (χ2v) is 3.73. The summed E-state index contributed by atoms with van der Waals surface area (Å²) < 4.78 is 0.762. The average Bonchev–Trinajstić information content (AvgIpc) is 2.55. The molecule has 0 bridgehead atoms. The van der Waals surface area contributed by atoms with Crippen molar-refractivity contribution >= 4 is 21.4 Å². The third-order valence-corrected chi connectivity index (χ3v) is 2.96. The first-order valence-electron chi connectivity index (χ1n) is 3.82. The van der Waals surface area contributed by atoms with Gasteiger partial charge in [0.2, 0.25) is 0 Å². The van der Waals surface area contributed by atoms with Crippen LogP contribution in [0, 0.1) is 22.7 Å². The number of hydrogen-bond donors (Lipinski definition) is 1. The molecular formula is C10H4N2OS. The van der Waals surface area contributed by atoms with Gasteiger partial charge in [-0.15, -0.1) is 11.3 Å². The molecule has 0 spiro atoms. The minimum absolute atomic E-state index is 0.0790. The van der Waals surface area contributed by atoms with Crippen molar-refractivity contribution in [1.29, 1.82) is 10.5 Å². The van der Waals surface area contributed by atoms with Gasteiger partial charge in [-0.05, 0) is 12.1 Å². The van der Waals surface area contributed by atoms with E-state index in [1.165, 1.54) is 11.3 Å². The standard InChI is InChI=1S/C10H4N2OS/c11-4-6-2-1-3-7-9(6)10(13)8(5-12)14-7/h1-3,13H. The van der Waals surface area contributed by atoms with E-state index in [0.29, 0.717) is 10.9 Å². The van der Waals surface area contributed by atoms with E-state index in [1.807, 2.05) is 12.1 Å². The highest BCUT2D eigenvalue weighted by atomic mass is 32.1. The Labute approximate surface area is 84.1 Å². The van der Waals surface area contributed by atoms with E-state index in [9.17, 15) is 5.11 Å². The number of hydrogen-bond acceptors (Lipinski definition) is 4. The first-order valence-corrected chi connectivity index (χ1v) is 4.64. The van der Waals surface area contributed by atoms with Crippen molar-refractivity contribution in [2.75, 3.05) is 0 Å². The highest BCUT2D eigenvalue weighted by molar-refractivity contribution is 7.20. The molecule has 0 saturated carbocycles. The zero-order valence-corrected chi connectivity index (χ0v) is 7.80. The molecule has 1 heterocycles. The third kappa shape index (κ3) is 1.02. The minimum Gasteiger partial charge on any atom is -0.505 e. The molecule has 0 amide bonds. The van der Waals surface area contributed by atoms with Crippen molar-refractivity contribution in [3.05, 3.63) is 28.6 Å². The number of fused-ring (bicyclic) bond motifs is 1. The molecular weight excluding hydrogens is 196 g/mol. The average molecular weight is 200 g/mol. The van der Waals surface area contributed by atoms with Crippen molar-refractivity contribution in [1.82, 2.24) is 0 Å². The fourth-order valence-electron chi connectivity index (χ4n) is 1.30. The van der Waals surface area contributed by atoms with Gasteiger partial charge in [0.1, 0.15) is 10.9 Å². The lowest BCUT2D eigenvalue weighted by Crippen LogP contribution is -1.74. The predicted molar refractivity (Wildman–Crippen MR) is 52.9 cm³/mol. The maximum atomic E-state index is 9.64. The molecule has 0 saturated heterocycles. The van der Waals surface area contributed by atoms with E-state index in [4.69, 9.17) is 10.5 Å². The summed E-state index contributed by atoms with van der Waals surface area (Å²) in [5.74, 6) is -0.0790. The molecule has 0 aliphatic rings. The number of nitriles is 2. The molecule has 0 aliphatic heterocycles. The van der Waals surface area contributed by atoms with Crippen LogP contribution in [0.15, 0.2) is 18.2 Å². The number of aromatic hydroxyl groups is 1. The van der Waals surface area contributed by atoms with Crippen LogP contribution in [-0.4, -0.2) is 5.11 Å². The molecule has 4 heteroatoms. The van der Waals surface area contributed by atoms with Crippen LogP contribution >= 0.6 is 11.3 Å². The van der Waals surface area contributed by atoms with Crippen LogP contribution in [0.1, 0.15) is 10.4 Å². The Balaban J connectivity index is 2.96. The molecule has 1 N–H and O–H groups in total. The maximum Gasteiger partial charge on any atom is 0.153 e. The highest BCUT2D eigenvalue weighted by Crippen LogP contribution is 2.37. The van der Waals surface area contributed by atoms with E-state index < -0.39 is 0 Å². The fourth-order valence-corrected chi connectivity index (χ4v) is 2.22. The Morgan fingerprint density at radius 1 is 1.21 bits per heavy atom. The van der Waals surface area contributed by atoms with Gasteiger partial charge in [0, 0.05) is 4.70 Å². The first-order chi connectivity index (χ1) is 6.77. The number of nitrogens with zero attached hydrogens (tertiary/aromatic N) is 2. The Bertz CT molecular complexity index is 586. The summed E-state index contributed by atoms with van der Waals surface area (Å²) in [5.41, 5.74) is 0.401. The van der Waals surface area contributed by atoms with E-state index in [-0.39, 0.29) is 10.6 Å². The zero-order valence-electron chi connectivity index (χ0n) is 6.98. The molecule has 3 nitrogen and oxygen atoms in total. The van der Waals surface area contributed by atoms with Crippen LogP contribution in [0.5, 0.6) is 5.75 Å². The van der Waals surface area contributed by atoms with Crippen LogP contribution in [0.25, 0.3) is 10.1 Å². The zero-order chi connectivity index (χ0) is 10.1. The third-order valence-electron chi connectivity index (χ3n) is 1.91. The molecule has 0 aliphatic carbocycles. The number of rotatable bonds is 0. The highest BCUT2D eigenvalue weighted by Gasteiger charge is 2.13. The maximum absolute atomic E-state index is 9.64. The quantitative estimate of drug-likeness (QED) is 0.709. The monoisotopic (exact) mass is 200 g/mol. The lowest BCUT2D eigenvalue weighted by molar-refractivity contribution is 0.482. The van der Waals surface area contributed by atoms with Crippen molar-refractivity contribution in [3.63, 3.8) is 0 Å². The molecule has 1 aromatic heterocycles. The SMILES string of the molecule is N#Cc1sc2cccc(C#N)c2c1O. The lowest BCUT2D eigenvalue weighted by atomic mass is 10.1. The van der Waals surface area contributed by atoms with Crippen molar-refractivity contribution < 1.29 is 5.11 Å². The van der Waals surface area contributed by atoms with Gasteiger partial charge in [0.05, 0.1) is 17.0 Å². The largest absolute Gasteiger partial charge is 0.505 e. The van der Waals surface area contributed by atoms with Gasteiger partial charge in [-0.3, -0.25) is 0 Å². The lowest BCUT2D eigenvalue weighted by Gasteiger charge is -1.92. The van der Waals surface area contributed by atoms with Gasteiger partial charge in [-0.1, -0.05) is 6.07 Å². The Hall–Kier alpha value is -2.04. The van der Waals surface area contributed by atoms with Crippen molar-refractivity contribution in [3.8, 4) is 17.9 Å².